The zero-order valence-corrected chi connectivity index (χ0v) is 24.8. The lowest BCUT2D eigenvalue weighted by Gasteiger charge is -2.35. The van der Waals surface area contributed by atoms with E-state index in [9.17, 15) is 8.78 Å². The Morgan fingerprint density at radius 1 is 0.585 bits per heavy atom. The minimum absolute atomic E-state index is 0.408. The van der Waals surface area contributed by atoms with Gasteiger partial charge in [0, 0.05) is 65.4 Å². The summed E-state index contributed by atoms with van der Waals surface area (Å²) in [6, 6.07) is 30.7. The minimum Gasteiger partial charge on any atom is -0.354 e. The second-order valence-corrected chi connectivity index (χ2v) is 10.7. The highest BCUT2D eigenvalue weighted by Gasteiger charge is 2.18. The summed E-state index contributed by atoms with van der Waals surface area (Å²) < 4.78 is 25.7. The summed E-state index contributed by atoms with van der Waals surface area (Å²) in [5, 5.41) is 3.36. The molecule has 6 rings (SSSR count). The number of piperazine rings is 2. The fourth-order valence-corrected chi connectivity index (χ4v) is 4.97. The van der Waals surface area contributed by atoms with Crippen molar-refractivity contribution in [2.45, 2.75) is 13.1 Å². The Labute approximate surface area is 250 Å². The molecule has 0 aliphatic carbocycles. The van der Waals surface area contributed by atoms with E-state index in [2.05, 4.69) is 101 Å². The molecule has 2 saturated heterocycles. The monoisotopic (exact) mass is 620 g/mol. The van der Waals surface area contributed by atoms with Crippen LogP contribution in [-0.2, 0) is 13.1 Å². The van der Waals surface area contributed by atoms with Crippen LogP contribution in [0.3, 0.4) is 0 Å². The van der Waals surface area contributed by atoms with Crippen molar-refractivity contribution in [3.05, 3.63) is 125 Å². The van der Waals surface area contributed by atoms with Gasteiger partial charge in [-0.25, -0.2) is 9.97 Å². The van der Waals surface area contributed by atoms with Gasteiger partial charge < -0.3 is 10.2 Å². The van der Waals surface area contributed by atoms with Gasteiger partial charge in [-0.15, -0.1) is 0 Å². The van der Waals surface area contributed by atoms with Crippen LogP contribution in [0.4, 0.5) is 14.6 Å². The van der Waals surface area contributed by atoms with Crippen LogP contribution in [0.2, 0.25) is 0 Å². The van der Waals surface area contributed by atoms with Gasteiger partial charge in [0.2, 0.25) is 11.9 Å². The molecule has 0 atom stereocenters. The number of nitrogens with zero attached hydrogens (tertiary/aromatic N) is 5. The highest BCUT2D eigenvalue weighted by molar-refractivity contribution is 9.10. The maximum atomic E-state index is 13.1. The van der Waals surface area contributed by atoms with Crippen molar-refractivity contribution >= 4 is 21.7 Å². The van der Waals surface area contributed by atoms with Crippen molar-refractivity contribution in [1.29, 1.82) is 0 Å². The number of anilines is 1. The van der Waals surface area contributed by atoms with E-state index in [1.807, 2.05) is 12.1 Å². The third kappa shape index (κ3) is 11.3. The van der Waals surface area contributed by atoms with Crippen LogP contribution in [-0.4, -0.2) is 72.1 Å². The average molecular weight is 622 g/mol. The van der Waals surface area contributed by atoms with Crippen molar-refractivity contribution in [2.24, 2.45) is 0 Å². The fourth-order valence-electron chi connectivity index (χ4n) is 4.64. The first kappa shape index (κ1) is 30.7. The van der Waals surface area contributed by atoms with Gasteiger partial charge in [0.15, 0.2) is 0 Å². The predicted octanol–water partition coefficient (Wildman–Crippen LogP) is 5.62. The second-order valence-electron chi connectivity index (χ2n) is 9.86. The molecule has 2 fully saturated rings. The van der Waals surface area contributed by atoms with Crippen LogP contribution in [0, 0.1) is 11.9 Å². The van der Waals surface area contributed by atoms with Gasteiger partial charge >= 0.3 is 0 Å². The van der Waals surface area contributed by atoms with Gasteiger partial charge in [-0.1, -0.05) is 72.8 Å². The van der Waals surface area contributed by atoms with Crippen LogP contribution in [0.15, 0.2) is 102 Å². The number of halogens is 3. The Morgan fingerprint density at radius 2 is 1.10 bits per heavy atom. The number of pyridine rings is 2. The third-order valence-corrected chi connectivity index (χ3v) is 7.23. The van der Waals surface area contributed by atoms with Crippen molar-refractivity contribution < 1.29 is 8.78 Å². The lowest BCUT2D eigenvalue weighted by molar-refractivity contribution is 0.233. The first-order chi connectivity index (χ1) is 20.0. The van der Waals surface area contributed by atoms with Crippen LogP contribution < -0.4 is 10.2 Å². The first-order valence-electron chi connectivity index (χ1n) is 13.9. The molecule has 0 unspecified atom stereocenters. The molecular formula is C32H37BrF2N6. The van der Waals surface area contributed by atoms with Crippen LogP contribution >= 0.6 is 15.9 Å². The van der Waals surface area contributed by atoms with E-state index in [-0.39, 0.29) is 0 Å². The lowest BCUT2D eigenvalue weighted by Crippen LogP contribution is -2.46. The Hall–Kier alpha value is -3.24. The predicted molar refractivity (Wildman–Crippen MR) is 165 cm³/mol. The van der Waals surface area contributed by atoms with Crippen molar-refractivity contribution in [3.63, 3.8) is 0 Å². The lowest BCUT2D eigenvalue weighted by atomic mass is 10.2. The van der Waals surface area contributed by atoms with Gasteiger partial charge in [0.25, 0.3) is 0 Å². The average Bonchev–Trinajstić information content (AvgIpc) is 3.00. The van der Waals surface area contributed by atoms with Gasteiger partial charge in [-0.2, -0.15) is 8.78 Å². The van der Waals surface area contributed by atoms with Crippen LogP contribution in [0.25, 0.3) is 0 Å². The Morgan fingerprint density at radius 3 is 1.59 bits per heavy atom. The van der Waals surface area contributed by atoms with Gasteiger partial charge in [-0.3, -0.25) is 9.80 Å². The van der Waals surface area contributed by atoms with E-state index in [4.69, 9.17) is 0 Å². The summed E-state index contributed by atoms with van der Waals surface area (Å²) in [6.45, 7) is 10.4. The molecule has 4 aromatic rings. The molecule has 2 aromatic carbocycles. The normalized spacial score (nSPS) is 15.7. The smallest absolute Gasteiger partial charge is 0.214 e. The zero-order chi connectivity index (χ0) is 28.7. The van der Waals surface area contributed by atoms with E-state index in [1.165, 1.54) is 36.3 Å². The van der Waals surface area contributed by atoms with E-state index < -0.39 is 11.9 Å². The van der Waals surface area contributed by atoms with E-state index in [0.717, 1.165) is 58.2 Å². The molecule has 2 aromatic heterocycles. The Kier molecular flexibility index (Phi) is 12.7. The van der Waals surface area contributed by atoms with E-state index in [1.54, 1.807) is 18.2 Å². The highest BCUT2D eigenvalue weighted by Crippen LogP contribution is 2.15. The minimum atomic E-state index is -0.459. The molecule has 0 bridgehead atoms. The highest BCUT2D eigenvalue weighted by atomic mass is 79.9. The number of nitrogens with one attached hydrogen (secondary N) is 1. The summed E-state index contributed by atoms with van der Waals surface area (Å²) in [6.07, 6.45) is 0. The van der Waals surface area contributed by atoms with Crippen molar-refractivity contribution in [1.82, 2.24) is 25.1 Å². The van der Waals surface area contributed by atoms with Gasteiger partial charge in [-0.05, 0) is 51.3 Å². The number of hydrogen-bond acceptors (Lipinski definition) is 6. The first-order valence-corrected chi connectivity index (χ1v) is 14.7. The molecule has 216 valence electrons. The maximum absolute atomic E-state index is 13.1. The number of rotatable bonds is 5. The third-order valence-electron chi connectivity index (χ3n) is 6.79. The molecule has 9 heteroatoms. The van der Waals surface area contributed by atoms with Crippen molar-refractivity contribution in [2.75, 3.05) is 57.3 Å². The molecule has 0 spiro atoms. The van der Waals surface area contributed by atoms with Gasteiger partial charge in [0.05, 0.1) is 0 Å². The molecule has 0 amide bonds. The molecule has 0 radical (unpaired) electrons. The summed E-state index contributed by atoms with van der Waals surface area (Å²) in [7, 11) is 0. The van der Waals surface area contributed by atoms with E-state index in [0.29, 0.717) is 4.60 Å². The number of benzene rings is 2. The quantitative estimate of drug-likeness (QED) is 0.292. The van der Waals surface area contributed by atoms with Gasteiger partial charge in [0.1, 0.15) is 10.4 Å². The molecule has 41 heavy (non-hydrogen) atoms. The standard InChI is InChI=1S/C16H18FN3.C11H16N2.C5H3BrFN/c17-15-7-4-8-16(18-15)20-11-9-19(10-12-20)13-14-5-2-1-3-6-14;1-2-4-11(5-3-1)10-13-8-6-12-7-9-13;6-4-2-1-3-5(7)8-4/h1-8H,9-13H2;1-5,12H,6-10H2;1-3H/i17-1;;7-1. The second kappa shape index (κ2) is 16.9. The molecule has 0 saturated carbocycles. The number of hydrogen-bond donors (Lipinski definition) is 1. The molecule has 6 nitrogen and oxygen atoms in total. The molecule has 1 N–H and O–H groups in total. The van der Waals surface area contributed by atoms with Crippen LogP contribution in [0.5, 0.6) is 0 Å². The largest absolute Gasteiger partial charge is 0.354 e. The maximum Gasteiger partial charge on any atom is 0.214 e. The van der Waals surface area contributed by atoms with Crippen LogP contribution in [0.1, 0.15) is 11.1 Å². The number of aromatic nitrogens is 2. The Bertz CT molecular complexity index is 1270. The molecule has 2 aliphatic rings. The summed E-state index contributed by atoms with van der Waals surface area (Å²) in [5.41, 5.74) is 2.76. The summed E-state index contributed by atoms with van der Waals surface area (Å²) in [5.74, 6) is -0.127. The SMILES string of the molecule is [18F]c1cccc(Br)n1.[18F]c1cccc(N2CCN(Cc3ccccc3)CC2)n1.c1ccc(CN2CCNCC2)cc1. The topological polar surface area (TPSA) is 47.5 Å². The molecule has 2 aliphatic heterocycles. The molecule has 4 heterocycles. The summed E-state index contributed by atoms with van der Waals surface area (Å²) in [4.78, 5) is 14.4. The van der Waals surface area contributed by atoms with E-state index >= 15 is 0 Å². The van der Waals surface area contributed by atoms with Crippen molar-refractivity contribution in [3.8, 4) is 0 Å². The fraction of sp³-hybridized carbons (Fsp3) is 0.312. The summed E-state index contributed by atoms with van der Waals surface area (Å²) >= 11 is 3.01. The Balaban J connectivity index is 0.000000158. The molecular weight excluding hydrogens is 584 g/mol. The zero-order valence-electron chi connectivity index (χ0n) is 23.2.